The minimum Gasteiger partial charge on any atom is -0.502 e. The van der Waals surface area contributed by atoms with Gasteiger partial charge >= 0.3 is 5.69 Å². The molecule has 22 heavy (non-hydrogen) atoms. The predicted molar refractivity (Wildman–Crippen MR) is 78.2 cm³/mol. The molecule has 116 valence electrons. The lowest BCUT2D eigenvalue weighted by atomic mass is 9.77. The molecule has 0 spiro atoms. The number of nitro benzene ring substituents is 1. The number of rotatable bonds is 2. The molecular formula is C15H17N3O4. The van der Waals surface area contributed by atoms with Crippen LogP contribution in [0.1, 0.15) is 37.0 Å². The number of carbonyl (C=O) groups is 1. The number of hydrogen-bond acceptors (Lipinski definition) is 5. The quantitative estimate of drug-likeness (QED) is 0.667. The molecule has 0 saturated carbocycles. The molecule has 0 bridgehead atoms. The number of carbonyl (C=O) groups excluding carboxylic acids is 1. The molecule has 2 rings (SSSR count). The number of hydrogen-bond donors (Lipinski definition) is 1. The molecule has 0 aromatic heterocycles. The van der Waals surface area contributed by atoms with E-state index < -0.39 is 28.3 Å². The molecule has 1 aromatic carbocycles. The Morgan fingerprint density at radius 1 is 1.55 bits per heavy atom. The molecule has 1 saturated heterocycles. The smallest absolute Gasteiger partial charge is 0.311 e. The Morgan fingerprint density at radius 2 is 2.23 bits per heavy atom. The molecule has 0 aliphatic carbocycles. The van der Waals surface area contributed by atoms with Crippen molar-refractivity contribution in [2.75, 3.05) is 6.54 Å². The maximum atomic E-state index is 12.6. The van der Waals surface area contributed by atoms with E-state index >= 15 is 0 Å². The second kappa shape index (κ2) is 5.64. The molecular weight excluding hydrogens is 286 g/mol. The monoisotopic (exact) mass is 303 g/mol. The number of para-hydroxylation sites is 1. The first-order valence-corrected chi connectivity index (χ1v) is 6.96. The van der Waals surface area contributed by atoms with E-state index in [0.717, 1.165) is 18.9 Å². The van der Waals surface area contributed by atoms with Gasteiger partial charge in [0.05, 0.1) is 16.6 Å². The van der Waals surface area contributed by atoms with Crippen molar-refractivity contribution in [3.05, 3.63) is 33.9 Å². The highest BCUT2D eigenvalue weighted by Crippen LogP contribution is 2.37. The van der Waals surface area contributed by atoms with Gasteiger partial charge in [-0.05, 0) is 24.3 Å². The fraction of sp³-hybridized carbons (Fsp3) is 0.467. The number of phenols is 1. The number of piperidine rings is 1. The summed E-state index contributed by atoms with van der Waals surface area (Å²) < 4.78 is 0. The summed E-state index contributed by atoms with van der Waals surface area (Å²) in [5.74, 6) is -1.21. The van der Waals surface area contributed by atoms with Crippen molar-refractivity contribution in [2.45, 2.75) is 32.7 Å². The van der Waals surface area contributed by atoms with Gasteiger partial charge in [0, 0.05) is 12.6 Å². The van der Waals surface area contributed by atoms with Crippen LogP contribution < -0.4 is 0 Å². The highest BCUT2D eigenvalue weighted by Gasteiger charge is 2.41. The molecule has 1 amide bonds. The van der Waals surface area contributed by atoms with Crippen molar-refractivity contribution in [3.8, 4) is 11.8 Å². The lowest BCUT2D eigenvalue weighted by molar-refractivity contribution is -0.385. The van der Waals surface area contributed by atoms with Crippen molar-refractivity contribution < 1.29 is 14.8 Å². The van der Waals surface area contributed by atoms with Crippen molar-refractivity contribution in [3.63, 3.8) is 0 Å². The van der Waals surface area contributed by atoms with Crippen molar-refractivity contribution in [1.82, 2.24) is 4.90 Å². The first kappa shape index (κ1) is 15.8. The van der Waals surface area contributed by atoms with Gasteiger partial charge in [0.1, 0.15) is 6.04 Å². The number of nitrogens with zero attached hydrogens (tertiary/aromatic N) is 3. The van der Waals surface area contributed by atoms with Gasteiger partial charge in [0.15, 0.2) is 0 Å². The van der Waals surface area contributed by atoms with E-state index in [4.69, 9.17) is 0 Å². The summed E-state index contributed by atoms with van der Waals surface area (Å²) in [6.45, 7) is 4.21. The van der Waals surface area contributed by atoms with Crippen LogP contribution in [0.15, 0.2) is 18.2 Å². The lowest BCUT2D eigenvalue weighted by Gasteiger charge is -2.42. The first-order valence-electron chi connectivity index (χ1n) is 6.96. The Labute approximate surface area is 127 Å². The van der Waals surface area contributed by atoms with Gasteiger partial charge in [-0.3, -0.25) is 14.9 Å². The number of nitro groups is 1. The number of amides is 1. The SMILES string of the molecule is CC1(C)CCCN(C(=O)c2cccc([N+](=O)[O-])c2O)[C@H]1C#N. The van der Waals surface area contributed by atoms with Crippen LogP contribution in [-0.2, 0) is 0 Å². The zero-order valence-corrected chi connectivity index (χ0v) is 12.4. The minimum absolute atomic E-state index is 0.146. The van der Waals surface area contributed by atoms with Gasteiger partial charge in [-0.2, -0.15) is 5.26 Å². The normalized spacial score (nSPS) is 20.2. The van der Waals surface area contributed by atoms with Crippen LogP contribution in [0.5, 0.6) is 5.75 Å². The van der Waals surface area contributed by atoms with Gasteiger partial charge in [-0.1, -0.05) is 19.9 Å². The molecule has 1 aliphatic heterocycles. The van der Waals surface area contributed by atoms with Gasteiger partial charge in [0.2, 0.25) is 5.75 Å². The number of likely N-dealkylation sites (tertiary alicyclic amines) is 1. The molecule has 0 unspecified atom stereocenters. The fourth-order valence-electron chi connectivity index (χ4n) is 2.86. The third-order valence-corrected chi connectivity index (χ3v) is 4.10. The standard InChI is InChI=1S/C15H17N3O4/c1-15(2)7-4-8-17(12(15)9-16)14(20)10-5-3-6-11(13(10)19)18(21)22/h3,5-6,12,19H,4,7-8H2,1-2H3/t12-/m0/s1. The summed E-state index contributed by atoms with van der Waals surface area (Å²) in [7, 11) is 0. The summed E-state index contributed by atoms with van der Waals surface area (Å²) in [5, 5.41) is 30.2. The molecule has 1 N–H and O–H groups in total. The van der Waals surface area contributed by atoms with Gasteiger partial charge in [0.25, 0.3) is 5.91 Å². The summed E-state index contributed by atoms with van der Waals surface area (Å²) >= 11 is 0. The van der Waals surface area contributed by atoms with Crippen molar-refractivity contribution >= 4 is 11.6 Å². The van der Waals surface area contributed by atoms with Gasteiger partial charge < -0.3 is 10.0 Å². The number of phenolic OH excluding ortho intramolecular Hbond substituents is 1. The molecule has 1 atom stereocenters. The van der Waals surface area contributed by atoms with E-state index in [9.17, 15) is 25.3 Å². The number of aromatic hydroxyl groups is 1. The second-order valence-electron chi connectivity index (χ2n) is 6.05. The third-order valence-electron chi connectivity index (χ3n) is 4.10. The lowest BCUT2D eigenvalue weighted by Crippen LogP contribution is -2.51. The van der Waals surface area contributed by atoms with Crippen LogP contribution in [0, 0.1) is 26.9 Å². The second-order valence-corrected chi connectivity index (χ2v) is 6.05. The molecule has 7 nitrogen and oxygen atoms in total. The fourth-order valence-corrected chi connectivity index (χ4v) is 2.86. The number of benzene rings is 1. The van der Waals surface area contributed by atoms with Crippen LogP contribution in [0.3, 0.4) is 0 Å². The average molecular weight is 303 g/mol. The topological polar surface area (TPSA) is 107 Å². The Kier molecular flexibility index (Phi) is 4.04. The van der Waals surface area contributed by atoms with Gasteiger partial charge in [-0.15, -0.1) is 0 Å². The molecule has 1 fully saturated rings. The number of nitriles is 1. The van der Waals surface area contributed by atoms with Crippen LogP contribution in [0.4, 0.5) is 5.69 Å². The third kappa shape index (κ3) is 2.60. The molecule has 1 aromatic rings. The summed E-state index contributed by atoms with van der Waals surface area (Å²) in [6, 6.07) is 5.33. The highest BCUT2D eigenvalue weighted by atomic mass is 16.6. The largest absolute Gasteiger partial charge is 0.502 e. The highest BCUT2D eigenvalue weighted by molar-refractivity contribution is 5.98. The Bertz CT molecular complexity index is 663. The maximum absolute atomic E-state index is 12.6. The zero-order chi connectivity index (χ0) is 16.5. The molecule has 1 heterocycles. The Morgan fingerprint density at radius 3 is 2.82 bits per heavy atom. The van der Waals surface area contributed by atoms with E-state index in [0.29, 0.717) is 6.54 Å². The first-order chi connectivity index (χ1) is 10.3. The summed E-state index contributed by atoms with van der Waals surface area (Å²) in [5.41, 5.74) is -1.03. The predicted octanol–water partition coefficient (Wildman–Crippen LogP) is 2.45. The summed E-state index contributed by atoms with van der Waals surface area (Å²) in [6.07, 6.45) is 1.56. The Hall–Kier alpha value is -2.62. The van der Waals surface area contributed by atoms with Crippen molar-refractivity contribution in [2.24, 2.45) is 5.41 Å². The zero-order valence-electron chi connectivity index (χ0n) is 12.4. The van der Waals surface area contributed by atoms with E-state index in [1.807, 2.05) is 13.8 Å². The van der Waals surface area contributed by atoms with Crippen LogP contribution in [0.25, 0.3) is 0 Å². The molecule has 0 radical (unpaired) electrons. The average Bonchev–Trinajstić information content (AvgIpc) is 2.45. The molecule has 7 heteroatoms. The van der Waals surface area contributed by atoms with Crippen LogP contribution in [0.2, 0.25) is 0 Å². The maximum Gasteiger partial charge on any atom is 0.311 e. The van der Waals surface area contributed by atoms with E-state index in [2.05, 4.69) is 6.07 Å². The summed E-state index contributed by atoms with van der Waals surface area (Å²) in [4.78, 5) is 24.2. The van der Waals surface area contributed by atoms with Gasteiger partial charge in [-0.25, -0.2) is 0 Å². The van der Waals surface area contributed by atoms with E-state index in [1.165, 1.54) is 17.0 Å². The van der Waals surface area contributed by atoms with Crippen molar-refractivity contribution in [1.29, 1.82) is 5.26 Å². The minimum atomic E-state index is -0.742. The van der Waals surface area contributed by atoms with E-state index in [-0.39, 0.29) is 11.0 Å². The Balaban J connectivity index is 2.42. The van der Waals surface area contributed by atoms with Crippen LogP contribution in [-0.4, -0.2) is 33.4 Å². The van der Waals surface area contributed by atoms with E-state index in [1.54, 1.807) is 0 Å². The molecule has 1 aliphatic rings. The van der Waals surface area contributed by atoms with Crippen LogP contribution >= 0.6 is 0 Å².